The van der Waals surface area contributed by atoms with Crippen LogP contribution in [-0.2, 0) is 10.8 Å². The van der Waals surface area contributed by atoms with Crippen molar-refractivity contribution in [2.24, 2.45) is 0 Å². The first-order valence-corrected chi connectivity index (χ1v) is 6.39. The minimum absolute atomic E-state index is 0.228. The number of fused-ring (bicyclic) bond motifs is 2. The normalized spacial score (nSPS) is 15.6. The van der Waals surface area contributed by atoms with Crippen LogP contribution in [0.4, 0.5) is 0 Å². The fraction of sp³-hybridized carbons (Fsp3) is 0.273. The molecule has 0 saturated heterocycles. The summed E-state index contributed by atoms with van der Waals surface area (Å²) in [5, 5.41) is 0.836. The van der Waals surface area contributed by atoms with Crippen molar-refractivity contribution in [2.45, 2.75) is 11.8 Å². The Labute approximate surface area is 94.6 Å². The van der Waals surface area contributed by atoms with Crippen molar-refractivity contribution in [3.63, 3.8) is 0 Å². The predicted molar refractivity (Wildman–Crippen MR) is 59.4 cm³/mol. The van der Waals surface area contributed by atoms with Gasteiger partial charge in [-0.15, -0.1) is 0 Å². The Morgan fingerprint density at radius 2 is 1.94 bits per heavy atom. The second-order valence-corrected chi connectivity index (χ2v) is 4.96. The van der Waals surface area contributed by atoms with Crippen molar-refractivity contribution < 1.29 is 18.1 Å². The maximum Gasteiger partial charge on any atom is 0.231 e. The van der Waals surface area contributed by atoms with E-state index in [0.717, 1.165) is 10.3 Å². The van der Waals surface area contributed by atoms with E-state index in [0.29, 0.717) is 22.8 Å². The van der Waals surface area contributed by atoms with Crippen LogP contribution in [0.3, 0.4) is 0 Å². The van der Waals surface area contributed by atoms with Crippen LogP contribution < -0.4 is 9.47 Å². The summed E-state index contributed by atoms with van der Waals surface area (Å²) in [6.45, 7) is 2.04. The average Bonchev–Trinajstić information content (AvgIpc) is 2.75. The van der Waals surface area contributed by atoms with Gasteiger partial charge in [-0.05, 0) is 13.0 Å². The van der Waals surface area contributed by atoms with E-state index in [1.54, 1.807) is 12.3 Å². The largest absolute Gasteiger partial charge is 0.460 e. The van der Waals surface area contributed by atoms with E-state index in [1.165, 1.54) is 0 Å². The molecule has 5 heteroatoms. The molecule has 2 heterocycles. The van der Waals surface area contributed by atoms with Crippen molar-refractivity contribution in [3.05, 3.63) is 17.9 Å². The SMILES string of the molecule is Cc1oc2cc3c(cc2c1S(C)=O)OCO3. The highest BCUT2D eigenvalue weighted by molar-refractivity contribution is 7.84. The second kappa shape index (κ2) is 3.25. The lowest BCUT2D eigenvalue weighted by Gasteiger charge is -1.96. The number of hydrogen-bond donors (Lipinski definition) is 0. The van der Waals surface area contributed by atoms with Gasteiger partial charge >= 0.3 is 0 Å². The lowest BCUT2D eigenvalue weighted by Crippen LogP contribution is -1.93. The van der Waals surface area contributed by atoms with Crippen LogP contribution in [0.5, 0.6) is 11.5 Å². The summed E-state index contributed by atoms with van der Waals surface area (Å²) in [6, 6.07) is 3.60. The van der Waals surface area contributed by atoms with Crippen LogP contribution in [0.15, 0.2) is 21.4 Å². The lowest BCUT2D eigenvalue weighted by molar-refractivity contribution is 0.174. The Balaban J connectivity index is 2.36. The van der Waals surface area contributed by atoms with Crippen LogP contribution in [0.1, 0.15) is 5.76 Å². The molecule has 1 aromatic carbocycles. The van der Waals surface area contributed by atoms with E-state index >= 15 is 0 Å². The van der Waals surface area contributed by atoms with Gasteiger partial charge < -0.3 is 13.9 Å². The standard InChI is InChI=1S/C11H10O4S/c1-6-11(16(2)12)7-3-9-10(14-5-13-9)4-8(7)15-6/h3-4H,5H2,1-2H3. The third kappa shape index (κ3) is 1.24. The minimum atomic E-state index is -1.07. The maximum atomic E-state index is 11.6. The molecular weight excluding hydrogens is 228 g/mol. The molecule has 4 nitrogen and oxygen atoms in total. The van der Waals surface area contributed by atoms with Gasteiger partial charge in [-0.2, -0.15) is 0 Å². The van der Waals surface area contributed by atoms with E-state index in [4.69, 9.17) is 13.9 Å². The minimum Gasteiger partial charge on any atom is -0.460 e. The molecule has 2 aromatic rings. The number of ether oxygens (including phenoxy) is 2. The zero-order valence-corrected chi connectivity index (χ0v) is 9.72. The third-order valence-electron chi connectivity index (χ3n) is 2.59. The van der Waals surface area contributed by atoms with Crippen LogP contribution in [0.25, 0.3) is 11.0 Å². The van der Waals surface area contributed by atoms with E-state index in [9.17, 15) is 4.21 Å². The first-order chi connectivity index (χ1) is 7.66. The molecule has 3 rings (SSSR count). The van der Waals surface area contributed by atoms with E-state index in [2.05, 4.69) is 0 Å². The Kier molecular flexibility index (Phi) is 1.97. The fourth-order valence-corrected chi connectivity index (χ4v) is 2.86. The first kappa shape index (κ1) is 9.72. The van der Waals surface area contributed by atoms with Crippen LogP contribution >= 0.6 is 0 Å². The van der Waals surface area contributed by atoms with Crippen molar-refractivity contribution >= 4 is 21.8 Å². The van der Waals surface area contributed by atoms with Gasteiger partial charge in [0, 0.05) is 17.7 Å². The maximum absolute atomic E-state index is 11.6. The molecule has 0 amide bonds. The van der Waals surface area contributed by atoms with Crippen molar-refractivity contribution in [1.82, 2.24) is 0 Å². The highest BCUT2D eigenvalue weighted by atomic mass is 32.2. The Hall–Kier alpha value is -1.49. The summed E-state index contributed by atoms with van der Waals surface area (Å²) in [5.41, 5.74) is 0.687. The molecule has 0 fully saturated rings. The summed E-state index contributed by atoms with van der Waals surface area (Å²) in [5.74, 6) is 2.04. The zero-order valence-electron chi connectivity index (χ0n) is 8.90. The molecule has 0 bridgehead atoms. The Morgan fingerprint density at radius 1 is 1.25 bits per heavy atom. The molecule has 0 aliphatic carbocycles. The van der Waals surface area contributed by atoms with E-state index in [1.807, 2.05) is 13.0 Å². The molecule has 0 saturated carbocycles. The first-order valence-electron chi connectivity index (χ1n) is 4.83. The van der Waals surface area contributed by atoms with Crippen LogP contribution in [-0.4, -0.2) is 17.3 Å². The summed E-state index contributed by atoms with van der Waals surface area (Å²) in [7, 11) is -1.07. The summed E-state index contributed by atoms with van der Waals surface area (Å²) >= 11 is 0. The van der Waals surface area contributed by atoms with Crippen molar-refractivity contribution in [1.29, 1.82) is 0 Å². The van der Waals surface area contributed by atoms with Gasteiger partial charge in [0.25, 0.3) is 0 Å². The van der Waals surface area contributed by atoms with E-state index in [-0.39, 0.29) is 6.79 Å². The second-order valence-electron chi connectivity index (χ2n) is 3.64. The number of furan rings is 1. The van der Waals surface area contributed by atoms with Gasteiger partial charge in [0.1, 0.15) is 11.3 Å². The van der Waals surface area contributed by atoms with Gasteiger partial charge in [-0.25, -0.2) is 0 Å². The number of aryl methyl sites for hydroxylation is 1. The zero-order chi connectivity index (χ0) is 11.3. The molecule has 16 heavy (non-hydrogen) atoms. The highest BCUT2D eigenvalue weighted by Gasteiger charge is 2.20. The number of rotatable bonds is 1. The van der Waals surface area contributed by atoms with Gasteiger partial charge in [-0.3, -0.25) is 4.21 Å². The molecular formula is C11H10O4S. The van der Waals surface area contributed by atoms with Gasteiger partial charge in [0.2, 0.25) is 6.79 Å². The molecule has 1 aliphatic heterocycles. The Morgan fingerprint density at radius 3 is 2.62 bits per heavy atom. The average molecular weight is 238 g/mol. The lowest BCUT2D eigenvalue weighted by atomic mass is 10.2. The molecule has 0 radical (unpaired) electrons. The molecule has 1 aromatic heterocycles. The molecule has 1 unspecified atom stereocenters. The monoisotopic (exact) mass is 238 g/mol. The quantitative estimate of drug-likeness (QED) is 0.764. The third-order valence-corrected chi connectivity index (χ3v) is 3.67. The van der Waals surface area contributed by atoms with Crippen molar-refractivity contribution in [2.75, 3.05) is 13.0 Å². The van der Waals surface area contributed by atoms with Crippen LogP contribution in [0.2, 0.25) is 0 Å². The van der Waals surface area contributed by atoms with Crippen molar-refractivity contribution in [3.8, 4) is 11.5 Å². The van der Waals surface area contributed by atoms with Gasteiger partial charge in [-0.1, -0.05) is 0 Å². The summed E-state index contributed by atoms with van der Waals surface area (Å²) < 4.78 is 27.7. The van der Waals surface area contributed by atoms with E-state index < -0.39 is 10.8 Å². The molecule has 1 atom stereocenters. The smallest absolute Gasteiger partial charge is 0.231 e. The molecule has 0 spiro atoms. The highest BCUT2D eigenvalue weighted by Crippen LogP contribution is 2.39. The topological polar surface area (TPSA) is 48.7 Å². The molecule has 1 aliphatic rings. The summed E-state index contributed by atoms with van der Waals surface area (Å²) in [4.78, 5) is 0.730. The number of hydrogen-bond acceptors (Lipinski definition) is 4. The molecule has 84 valence electrons. The van der Waals surface area contributed by atoms with Gasteiger partial charge in [0.05, 0.1) is 15.7 Å². The Bertz CT molecular complexity index is 600. The van der Waals surface area contributed by atoms with Crippen LogP contribution in [0, 0.1) is 6.92 Å². The number of benzene rings is 1. The fourth-order valence-electron chi connectivity index (χ4n) is 1.94. The summed E-state index contributed by atoms with van der Waals surface area (Å²) in [6.07, 6.45) is 1.64. The molecule has 0 N–H and O–H groups in total. The predicted octanol–water partition coefficient (Wildman–Crippen LogP) is 2.21. The van der Waals surface area contributed by atoms with Gasteiger partial charge in [0.15, 0.2) is 11.5 Å².